The fraction of sp³-hybridized carbons (Fsp3) is 0.647. The van der Waals surface area contributed by atoms with Gasteiger partial charge in [-0.05, 0) is 55.1 Å². The van der Waals surface area contributed by atoms with Crippen LogP contribution in [-0.4, -0.2) is 23.1 Å². The molecule has 2 aliphatic carbocycles. The van der Waals surface area contributed by atoms with Gasteiger partial charge >= 0.3 is 0 Å². The minimum Gasteiger partial charge on any atom is -0.310 e. The molecule has 20 heavy (non-hydrogen) atoms. The Kier molecular flexibility index (Phi) is 5.11. The molecular formula is C17H24BrNS. The van der Waals surface area contributed by atoms with Crippen molar-refractivity contribution >= 4 is 27.7 Å². The Morgan fingerprint density at radius 3 is 2.65 bits per heavy atom. The molecule has 110 valence electrons. The smallest absolute Gasteiger partial charge is 0.0201 e. The van der Waals surface area contributed by atoms with Crippen LogP contribution in [0.2, 0.25) is 0 Å². The van der Waals surface area contributed by atoms with E-state index in [0.717, 1.165) is 23.3 Å². The molecule has 1 N–H and O–H groups in total. The quantitative estimate of drug-likeness (QED) is 0.802. The van der Waals surface area contributed by atoms with Crippen LogP contribution < -0.4 is 5.32 Å². The zero-order chi connectivity index (χ0) is 13.9. The SMILES string of the molecule is CCSC1CCCC1NC1CC(c2ccc(Br)cc2)C1. The van der Waals surface area contributed by atoms with E-state index in [2.05, 4.69) is 64.2 Å². The Morgan fingerprint density at radius 2 is 1.95 bits per heavy atom. The largest absolute Gasteiger partial charge is 0.310 e. The van der Waals surface area contributed by atoms with Gasteiger partial charge in [0.2, 0.25) is 0 Å². The highest BCUT2D eigenvalue weighted by atomic mass is 79.9. The number of rotatable bonds is 5. The van der Waals surface area contributed by atoms with Crippen molar-refractivity contribution in [1.29, 1.82) is 0 Å². The van der Waals surface area contributed by atoms with Crippen LogP contribution in [0.4, 0.5) is 0 Å². The van der Waals surface area contributed by atoms with Crippen molar-refractivity contribution < 1.29 is 0 Å². The zero-order valence-electron chi connectivity index (χ0n) is 12.1. The summed E-state index contributed by atoms with van der Waals surface area (Å²) >= 11 is 5.67. The first-order valence-electron chi connectivity index (χ1n) is 7.89. The Labute approximate surface area is 135 Å². The van der Waals surface area contributed by atoms with Gasteiger partial charge in [0.1, 0.15) is 0 Å². The minimum absolute atomic E-state index is 0.756. The van der Waals surface area contributed by atoms with E-state index >= 15 is 0 Å². The molecule has 2 aliphatic rings. The molecule has 0 bridgehead atoms. The second-order valence-corrected chi connectivity index (χ2v) is 8.55. The molecule has 0 amide bonds. The molecule has 1 nitrogen and oxygen atoms in total. The van der Waals surface area contributed by atoms with E-state index in [-0.39, 0.29) is 0 Å². The topological polar surface area (TPSA) is 12.0 Å². The number of thioether (sulfide) groups is 1. The highest BCUT2D eigenvalue weighted by Crippen LogP contribution is 2.39. The zero-order valence-corrected chi connectivity index (χ0v) is 14.6. The predicted molar refractivity (Wildman–Crippen MR) is 92.6 cm³/mol. The van der Waals surface area contributed by atoms with Crippen molar-refractivity contribution in [1.82, 2.24) is 5.32 Å². The van der Waals surface area contributed by atoms with Crippen molar-refractivity contribution in [3.63, 3.8) is 0 Å². The van der Waals surface area contributed by atoms with Crippen LogP contribution in [0.15, 0.2) is 28.7 Å². The summed E-state index contributed by atoms with van der Waals surface area (Å²) in [5.41, 5.74) is 1.51. The summed E-state index contributed by atoms with van der Waals surface area (Å²) in [6, 6.07) is 10.4. The fourth-order valence-corrected chi connectivity index (χ4v) is 5.07. The molecule has 0 aromatic heterocycles. The maximum atomic E-state index is 3.93. The monoisotopic (exact) mass is 353 g/mol. The van der Waals surface area contributed by atoms with Crippen LogP contribution in [0.5, 0.6) is 0 Å². The van der Waals surface area contributed by atoms with Crippen molar-refractivity contribution in [3.05, 3.63) is 34.3 Å². The van der Waals surface area contributed by atoms with Gasteiger partial charge in [0, 0.05) is 21.8 Å². The summed E-state index contributed by atoms with van der Waals surface area (Å²) in [7, 11) is 0. The van der Waals surface area contributed by atoms with Crippen molar-refractivity contribution in [2.75, 3.05) is 5.75 Å². The number of nitrogens with one attached hydrogen (secondary N) is 1. The number of hydrogen-bond acceptors (Lipinski definition) is 2. The van der Waals surface area contributed by atoms with Gasteiger partial charge in [-0.25, -0.2) is 0 Å². The Hall–Kier alpha value is 0.01000. The number of benzene rings is 1. The number of hydrogen-bond donors (Lipinski definition) is 1. The number of halogens is 1. The van der Waals surface area contributed by atoms with Gasteiger partial charge in [-0.3, -0.25) is 0 Å². The molecule has 3 heteroatoms. The molecule has 3 rings (SSSR count). The van der Waals surface area contributed by atoms with Gasteiger partial charge < -0.3 is 5.32 Å². The van der Waals surface area contributed by atoms with Crippen LogP contribution in [0.25, 0.3) is 0 Å². The van der Waals surface area contributed by atoms with E-state index in [1.165, 1.54) is 47.9 Å². The van der Waals surface area contributed by atoms with Gasteiger partial charge in [-0.1, -0.05) is 41.4 Å². The van der Waals surface area contributed by atoms with Gasteiger partial charge in [0.05, 0.1) is 0 Å². The van der Waals surface area contributed by atoms with Gasteiger partial charge in [-0.2, -0.15) is 11.8 Å². The van der Waals surface area contributed by atoms with Crippen LogP contribution in [0.3, 0.4) is 0 Å². The maximum absolute atomic E-state index is 3.93. The van der Waals surface area contributed by atoms with E-state index in [1.807, 2.05) is 0 Å². The fourth-order valence-electron chi connectivity index (χ4n) is 3.59. The lowest BCUT2D eigenvalue weighted by atomic mass is 9.75. The molecule has 0 radical (unpaired) electrons. The summed E-state index contributed by atoms with van der Waals surface area (Å²) in [6.07, 6.45) is 6.86. The molecule has 0 spiro atoms. The van der Waals surface area contributed by atoms with Crippen LogP contribution in [0.1, 0.15) is 50.5 Å². The predicted octanol–water partition coefficient (Wildman–Crippen LogP) is 4.96. The first-order valence-corrected chi connectivity index (χ1v) is 9.73. The second-order valence-electron chi connectivity index (χ2n) is 6.11. The summed E-state index contributed by atoms with van der Waals surface area (Å²) in [5.74, 6) is 2.04. The van der Waals surface area contributed by atoms with E-state index in [1.54, 1.807) is 0 Å². The lowest BCUT2D eigenvalue weighted by molar-refractivity contribution is 0.266. The minimum atomic E-state index is 0.756. The Balaban J connectivity index is 1.47. The second kappa shape index (κ2) is 6.85. The molecule has 2 unspecified atom stereocenters. The van der Waals surface area contributed by atoms with Crippen LogP contribution in [-0.2, 0) is 0 Å². The van der Waals surface area contributed by atoms with Gasteiger partial charge in [0.15, 0.2) is 0 Å². The first kappa shape index (κ1) is 14.9. The van der Waals surface area contributed by atoms with Crippen molar-refractivity contribution in [3.8, 4) is 0 Å². The standard InChI is InChI=1S/C17H24BrNS/c1-2-20-17-5-3-4-16(17)19-15-10-13(11-15)12-6-8-14(18)9-7-12/h6-9,13,15-17,19H,2-5,10-11H2,1H3. The molecule has 0 saturated heterocycles. The van der Waals surface area contributed by atoms with Gasteiger partial charge in [0.25, 0.3) is 0 Å². The van der Waals surface area contributed by atoms with E-state index in [0.29, 0.717) is 0 Å². The van der Waals surface area contributed by atoms with E-state index in [9.17, 15) is 0 Å². The van der Waals surface area contributed by atoms with Gasteiger partial charge in [-0.15, -0.1) is 0 Å². The lowest BCUT2D eigenvalue weighted by Crippen LogP contribution is -2.47. The highest BCUT2D eigenvalue weighted by Gasteiger charge is 2.35. The van der Waals surface area contributed by atoms with Crippen LogP contribution in [0, 0.1) is 0 Å². The Morgan fingerprint density at radius 1 is 1.20 bits per heavy atom. The first-order chi connectivity index (χ1) is 9.76. The van der Waals surface area contributed by atoms with Crippen molar-refractivity contribution in [2.45, 2.75) is 62.3 Å². The summed E-state index contributed by atoms with van der Waals surface area (Å²) in [6.45, 7) is 2.28. The summed E-state index contributed by atoms with van der Waals surface area (Å²) in [4.78, 5) is 0. The highest BCUT2D eigenvalue weighted by molar-refractivity contribution is 9.10. The summed E-state index contributed by atoms with van der Waals surface area (Å²) < 4.78 is 1.18. The molecule has 0 aliphatic heterocycles. The third-order valence-electron chi connectivity index (χ3n) is 4.76. The third kappa shape index (κ3) is 3.42. The normalized spacial score (nSPS) is 33.1. The maximum Gasteiger partial charge on any atom is 0.0201 e. The van der Waals surface area contributed by atoms with E-state index in [4.69, 9.17) is 0 Å². The average Bonchev–Trinajstić information content (AvgIpc) is 2.83. The lowest BCUT2D eigenvalue weighted by Gasteiger charge is -2.39. The average molecular weight is 354 g/mol. The molecule has 2 fully saturated rings. The third-order valence-corrected chi connectivity index (χ3v) is 6.62. The molecule has 1 aromatic rings. The Bertz CT molecular complexity index is 427. The summed E-state index contributed by atoms with van der Waals surface area (Å²) in [5, 5.41) is 4.80. The molecule has 1 aromatic carbocycles. The van der Waals surface area contributed by atoms with Crippen LogP contribution >= 0.6 is 27.7 Å². The molecular weight excluding hydrogens is 330 g/mol. The molecule has 0 heterocycles. The van der Waals surface area contributed by atoms with Crippen molar-refractivity contribution in [2.24, 2.45) is 0 Å². The van der Waals surface area contributed by atoms with E-state index < -0.39 is 0 Å². The molecule has 2 saturated carbocycles. The molecule has 2 atom stereocenters.